The van der Waals surface area contributed by atoms with Crippen LogP contribution < -0.4 is 5.73 Å². The molecule has 9 atom stereocenters. The molecule has 6 heteroatoms. The second-order valence-corrected chi connectivity index (χ2v) is 13.3. The number of likely N-dealkylation sites (N-methyl/N-ethyl adjacent to an activating group) is 1. The van der Waals surface area contributed by atoms with Gasteiger partial charge in [-0.05, 0) is 92.8 Å². The summed E-state index contributed by atoms with van der Waals surface area (Å²) in [5, 5.41) is 24.8. The fourth-order valence-corrected chi connectivity index (χ4v) is 9.99. The van der Waals surface area contributed by atoms with Crippen molar-refractivity contribution >= 4 is 22.2 Å². The SMILES string of the molecule is CN(C)C1CC23CCC4(O2)C(=CCC2(C)C(c5ccc6ccnc(N)c6c5)=CCC24)C2CC23C(O)C1O. The number of benzene rings is 1. The van der Waals surface area contributed by atoms with E-state index in [1.165, 1.54) is 16.7 Å². The Balaban J connectivity index is 1.21. The summed E-state index contributed by atoms with van der Waals surface area (Å²) in [6, 6.07) is 8.55. The van der Waals surface area contributed by atoms with E-state index < -0.39 is 12.2 Å². The van der Waals surface area contributed by atoms with Crippen LogP contribution in [0.5, 0.6) is 0 Å². The highest BCUT2D eigenvalue weighted by atomic mass is 16.5. The highest BCUT2D eigenvalue weighted by Gasteiger charge is 2.84. The molecule has 4 N–H and O–H groups in total. The van der Waals surface area contributed by atoms with Crippen molar-refractivity contribution in [2.75, 3.05) is 19.8 Å². The standard InChI is InChI=1S/C31H37N3O3/c1-28-10-8-21-22-15-30(22)26(36)25(35)23(34(2)3)16-29(30)11-12-31(21,37-29)24(28)7-6-20(28)18-5-4-17-9-13-33-27(32)19(17)14-18/h4-6,8-9,13-14,22-26,35-36H,7,10-12,15-16H2,1-3H3,(H2,32,33). The second kappa shape index (κ2) is 6.84. The third kappa shape index (κ3) is 2.45. The van der Waals surface area contributed by atoms with Crippen LogP contribution in [0.25, 0.3) is 16.3 Å². The van der Waals surface area contributed by atoms with Gasteiger partial charge < -0.3 is 25.6 Å². The molecule has 8 rings (SSSR count). The lowest BCUT2D eigenvalue weighted by atomic mass is 9.57. The number of aliphatic hydroxyl groups excluding tert-OH is 2. The number of allylic oxidation sites excluding steroid dienone is 3. The van der Waals surface area contributed by atoms with E-state index in [0.717, 1.165) is 49.3 Å². The fourth-order valence-electron chi connectivity index (χ4n) is 9.99. The Bertz CT molecular complexity index is 1420. The molecule has 2 aromatic rings. The van der Waals surface area contributed by atoms with Gasteiger partial charge in [0, 0.05) is 34.4 Å². The molecule has 0 amide bonds. The van der Waals surface area contributed by atoms with Gasteiger partial charge in [-0.3, -0.25) is 0 Å². The molecule has 0 radical (unpaired) electrons. The van der Waals surface area contributed by atoms with Gasteiger partial charge in [-0.1, -0.05) is 31.2 Å². The van der Waals surface area contributed by atoms with E-state index in [9.17, 15) is 10.2 Å². The normalized spacial score (nSPS) is 47.1. The maximum absolute atomic E-state index is 11.5. The lowest BCUT2D eigenvalue weighted by molar-refractivity contribution is -0.248. The number of hydrogen-bond donors (Lipinski definition) is 3. The molecule has 2 saturated heterocycles. The van der Waals surface area contributed by atoms with Crippen LogP contribution in [-0.4, -0.2) is 63.6 Å². The van der Waals surface area contributed by atoms with E-state index in [4.69, 9.17) is 10.5 Å². The molecule has 6 nitrogen and oxygen atoms in total. The van der Waals surface area contributed by atoms with Crippen molar-refractivity contribution in [3.63, 3.8) is 0 Å². The molecule has 3 spiro atoms. The number of rotatable bonds is 2. The Labute approximate surface area is 218 Å². The molecular weight excluding hydrogens is 462 g/mol. The number of fused-ring (bicyclic) bond motifs is 3. The van der Waals surface area contributed by atoms with Crippen LogP contribution in [-0.2, 0) is 4.74 Å². The third-order valence-electron chi connectivity index (χ3n) is 11.8. The molecule has 3 heterocycles. The number of hydrogen-bond acceptors (Lipinski definition) is 6. The average molecular weight is 500 g/mol. The number of pyridine rings is 1. The molecule has 9 unspecified atom stereocenters. The summed E-state index contributed by atoms with van der Waals surface area (Å²) >= 11 is 0. The maximum atomic E-state index is 11.5. The Morgan fingerprint density at radius 1 is 1.11 bits per heavy atom. The van der Waals surface area contributed by atoms with Gasteiger partial charge in [-0.25, -0.2) is 4.98 Å². The molecule has 4 aliphatic carbocycles. The topological polar surface area (TPSA) is 91.8 Å². The second-order valence-electron chi connectivity index (χ2n) is 13.3. The molecule has 2 aliphatic heterocycles. The van der Waals surface area contributed by atoms with Crippen LogP contribution in [0, 0.1) is 22.7 Å². The summed E-state index contributed by atoms with van der Waals surface area (Å²) < 4.78 is 7.45. The van der Waals surface area contributed by atoms with Crippen molar-refractivity contribution in [2.24, 2.45) is 22.7 Å². The lowest BCUT2D eigenvalue weighted by Crippen LogP contribution is -2.67. The zero-order chi connectivity index (χ0) is 25.5. The van der Waals surface area contributed by atoms with Crippen molar-refractivity contribution < 1.29 is 14.9 Å². The van der Waals surface area contributed by atoms with Gasteiger partial charge in [0.1, 0.15) is 5.82 Å². The number of anilines is 1. The van der Waals surface area contributed by atoms with E-state index >= 15 is 0 Å². The van der Waals surface area contributed by atoms with Gasteiger partial charge in [-0.15, -0.1) is 0 Å². The predicted molar refractivity (Wildman–Crippen MR) is 143 cm³/mol. The number of aliphatic hydroxyl groups is 2. The molecule has 6 aliphatic rings. The molecule has 1 aromatic heterocycles. The zero-order valence-corrected chi connectivity index (χ0v) is 21.9. The van der Waals surface area contributed by atoms with E-state index in [1.54, 1.807) is 6.20 Å². The van der Waals surface area contributed by atoms with Crippen molar-refractivity contribution in [2.45, 2.75) is 74.9 Å². The summed E-state index contributed by atoms with van der Waals surface area (Å²) in [6.07, 6.45) is 10.9. The van der Waals surface area contributed by atoms with Crippen LogP contribution in [0.1, 0.15) is 51.0 Å². The van der Waals surface area contributed by atoms with Gasteiger partial charge in [0.2, 0.25) is 0 Å². The zero-order valence-electron chi connectivity index (χ0n) is 21.9. The van der Waals surface area contributed by atoms with Gasteiger partial charge in [-0.2, -0.15) is 0 Å². The van der Waals surface area contributed by atoms with Gasteiger partial charge in [0.25, 0.3) is 0 Å². The first-order valence-electron chi connectivity index (χ1n) is 14.0. The maximum Gasteiger partial charge on any atom is 0.131 e. The first kappa shape index (κ1) is 22.7. The summed E-state index contributed by atoms with van der Waals surface area (Å²) in [6.45, 7) is 2.43. The first-order valence-corrected chi connectivity index (χ1v) is 14.0. The fraction of sp³-hybridized carbons (Fsp3) is 0.581. The van der Waals surface area contributed by atoms with Crippen LogP contribution in [0.15, 0.2) is 48.2 Å². The number of ether oxygens (including phenoxy) is 1. The molecule has 194 valence electrons. The van der Waals surface area contributed by atoms with Crippen LogP contribution in [0.4, 0.5) is 5.82 Å². The average Bonchev–Trinajstić information content (AvgIpc) is 3.41. The monoisotopic (exact) mass is 499 g/mol. The summed E-state index contributed by atoms with van der Waals surface area (Å²) in [5.41, 5.74) is 9.34. The Kier molecular flexibility index (Phi) is 4.20. The molecular formula is C31H37N3O3. The molecule has 1 aromatic carbocycles. The van der Waals surface area contributed by atoms with E-state index in [2.05, 4.69) is 47.2 Å². The lowest BCUT2D eigenvalue weighted by Gasteiger charge is -2.59. The predicted octanol–water partition coefficient (Wildman–Crippen LogP) is 3.92. The van der Waals surface area contributed by atoms with Gasteiger partial charge in [0.05, 0.1) is 23.4 Å². The minimum absolute atomic E-state index is 0.0255. The highest BCUT2D eigenvalue weighted by Crippen LogP contribution is 2.81. The molecule has 4 fully saturated rings. The van der Waals surface area contributed by atoms with Crippen LogP contribution in [0.2, 0.25) is 0 Å². The van der Waals surface area contributed by atoms with Crippen LogP contribution >= 0.6 is 0 Å². The minimum atomic E-state index is -0.738. The first-order chi connectivity index (χ1) is 17.7. The van der Waals surface area contributed by atoms with Crippen LogP contribution in [0.3, 0.4) is 0 Å². The van der Waals surface area contributed by atoms with Crippen molar-refractivity contribution in [1.29, 1.82) is 0 Å². The molecule has 2 bridgehead atoms. The van der Waals surface area contributed by atoms with Crippen molar-refractivity contribution in [3.8, 4) is 0 Å². The van der Waals surface area contributed by atoms with Crippen molar-refractivity contribution in [1.82, 2.24) is 9.88 Å². The Morgan fingerprint density at radius 3 is 2.76 bits per heavy atom. The summed E-state index contributed by atoms with van der Waals surface area (Å²) in [4.78, 5) is 6.40. The van der Waals surface area contributed by atoms with E-state index in [1.807, 2.05) is 20.2 Å². The number of aromatic nitrogens is 1. The number of nitrogens with two attached hydrogens (primary N) is 1. The van der Waals surface area contributed by atoms with Gasteiger partial charge >= 0.3 is 0 Å². The minimum Gasteiger partial charge on any atom is -0.390 e. The van der Waals surface area contributed by atoms with E-state index in [-0.39, 0.29) is 28.1 Å². The summed E-state index contributed by atoms with van der Waals surface area (Å²) in [5.74, 6) is 1.28. The third-order valence-corrected chi connectivity index (χ3v) is 11.8. The highest BCUT2D eigenvalue weighted by molar-refractivity contribution is 5.94. The Hall–Kier alpha value is -2.25. The number of nitrogens with zero attached hydrogens (tertiary/aromatic N) is 2. The Morgan fingerprint density at radius 2 is 1.95 bits per heavy atom. The van der Waals surface area contributed by atoms with Gasteiger partial charge in [0.15, 0.2) is 0 Å². The smallest absolute Gasteiger partial charge is 0.131 e. The molecule has 37 heavy (non-hydrogen) atoms. The summed E-state index contributed by atoms with van der Waals surface area (Å²) in [7, 11) is 4.02. The number of nitrogen functional groups attached to an aromatic ring is 1. The van der Waals surface area contributed by atoms with E-state index in [0.29, 0.717) is 17.7 Å². The largest absolute Gasteiger partial charge is 0.390 e. The van der Waals surface area contributed by atoms with Crippen molar-refractivity contribution in [3.05, 3.63) is 53.8 Å². The molecule has 2 saturated carbocycles. The quantitative estimate of drug-likeness (QED) is 0.543.